The van der Waals surface area contributed by atoms with Crippen molar-refractivity contribution in [3.63, 3.8) is 0 Å². The first kappa shape index (κ1) is 25.9. The number of pyridine rings is 1. The van der Waals surface area contributed by atoms with Gasteiger partial charge in [0.1, 0.15) is 23.7 Å². The van der Waals surface area contributed by atoms with E-state index >= 15 is 0 Å². The van der Waals surface area contributed by atoms with Gasteiger partial charge in [0.25, 0.3) is 5.91 Å². The highest BCUT2D eigenvalue weighted by Gasteiger charge is 2.44. The van der Waals surface area contributed by atoms with E-state index in [0.29, 0.717) is 53.7 Å². The standard InChI is InChI=1S/C29H32N8O3/c1-3-18-10-11-31-22(13-18)34-27(38)20-8-6-19(7-9-20)24-23-25(30)32-17-33-26(23)37(35-24)21-5-4-12-36(14-21)28(39)29(2)15-40-16-29/h6-11,13,17,21H,3-5,12,14-16H2,1-2H3,(H2,30,32,33)(H,31,34,38)/t21-/m1/s1. The van der Waals surface area contributed by atoms with Gasteiger partial charge in [0, 0.05) is 30.4 Å². The van der Waals surface area contributed by atoms with Crippen molar-refractivity contribution in [3.05, 3.63) is 60.0 Å². The van der Waals surface area contributed by atoms with E-state index in [4.69, 9.17) is 15.6 Å². The Labute approximate surface area is 231 Å². The normalized spacial score (nSPS) is 18.4. The summed E-state index contributed by atoms with van der Waals surface area (Å²) in [5.41, 5.74) is 9.53. The van der Waals surface area contributed by atoms with Crippen molar-refractivity contribution in [1.29, 1.82) is 0 Å². The summed E-state index contributed by atoms with van der Waals surface area (Å²) >= 11 is 0. The van der Waals surface area contributed by atoms with E-state index in [1.54, 1.807) is 18.3 Å². The van der Waals surface area contributed by atoms with Gasteiger partial charge in [-0.05, 0) is 56.0 Å². The number of nitrogens with two attached hydrogens (primary N) is 1. The summed E-state index contributed by atoms with van der Waals surface area (Å²) in [5.74, 6) is 0.725. The average molecular weight is 541 g/mol. The van der Waals surface area contributed by atoms with Crippen LogP contribution in [0.4, 0.5) is 11.6 Å². The molecule has 1 atom stereocenters. The molecule has 0 unspecified atom stereocenters. The molecule has 2 amide bonds. The zero-order valence-electron chi connectivity index (χ0n) is 22.6. The Bertz CT molecular complexity index is 1580. The second-order valence-electron chi connectivity index (χ2n) is 10.8. The number of rotatable bonds is 6. The number of hydrogen-bond donors (Lipinski definition) is 2. The highest BCUT2D eigenvalue weighted by molar-refractivity contribution is 6.04. The van der Waals surface area contributed by atoms with Crippen LogP contribution in [0.15, 0.2) is 48.9 Å². The van der Waals surface area contributed by atoms with E-state index in [1.165, 1.54) is 6.33 Å². The number of hydrogen-bond acceptors (Lipinski definition) is 8. The number of ether oxygens (including phenoxy) is 1. The summed E-state index contributed by atoms with van der Waals surface area (Å²) in [6.07, 6.45) is 5.72. The predicted molar refractivity (Wildman–Crippen MR) is 151 cm³/mol. The van der Waals surface area contributed by atoms with Crippen LogP contribution in [0.1, 0.15) is 48.7 Å². The average Bonchev–Trinajstić information content (AvgIpc) is 3.37. The SMILES string of the molecule is CCc1ccnc(NC(=O)c2ccc(-c3nn([C@@H]4CCCN(C(=O)C5(C)COC5)C4)c4ncnc(N)c34)cc2)c1. The third kappa shape index (κ3) is 4.66. The third-order valence-electron chi connectivity index (χ3n) is 7.80. The van der Waals surface area contributed by atoms with Crippen LogP contribution in [0.2, 0.25) is 0 Å². The summed E-state index contributed by atoms with van der Waals surface area (Å²) in [6, 6.07) is 10.9. The van der Waals surface area contributed by atoms with Crippen molar-refractivity contribution in [3.8, 4) is 11.3 Å². The minimum atomic E-state index is -0.450. The number of fused-ring (bicyclic) bond motifs is 1. The smallest absolute Gasteiger partial charge is 0.256 e. The Morgan fingerprint density at radius 3 is 2.67 bits per heavy atom. The molecule has 0 radical (unpaired) electrons. The number of anilines is 2. The Morgan fingerprint density at radius 1 is 1.15 bits per heavy atom. The van der Waals surface area contributed by atoms with Crippen LogP contribution in [0.25, 0.3) is 22.3 Å². The molecule has 4 aromatic rings. The van der Waals surface area contributed by atoms with Crippen LogP contribution in [0.5, 0.6) is 0 Å². The summed E-state index contributed by atoms with van der Waals surface area (Å²) in [4.78, 5) is 41.0. The fourth-order valence-corrected chi connectivity index (χ4v) is 5.43. The Hall–Kier alpha value is -4.38. The van der Waals surface area contributed by atoms with Crippen molar-refractivity contribution in [2.24, 2.45) is 5.41 Å². The van der Waals surface area contributed by atoms with Crippen molar-refractivity contribution in [1.82, 2.24) is 29.6 Å². The van der Waals surface area contributed by atoms with Crippen LogP contribution in [-0.4, -0.2) is 67.7 Å². The minimum absolute atomic E-state index is 0.0516. The maximum Gasteiger partial charge on any atom is 0.256 e. The number of aryl methyl sites for hydroxylation is 1. The minimum Gasteiger partial charge on any atom is -0.383 e. The molecule has 2 aliphatic heterocycles. The molecule has 11 nitrogen and oxygen atoms in total. The molecule has 2 saturated heterocycles. The molecule has 0 spiro atoms. The fraction of sp³-hybridized carbons (Fsp3) is 0.379. The van der Waals surface area contributed by atoms with E-state index < -0.39 is 5.41 Å². The van der Waals surface area contributed by atoms with Crippen molar-refractivity contribution < 1.29 is 14.3 Å². The molecule has 1 aromatic carbocycles. The summed E-state index contributed by atoms with van der Waals surface area (Å²) in [6.45, 7) is 6.19. The summed E-state index contributed by atoms with van der Waals surface area (Å²) < 4.78 is 7.21. The first-order valence-electron chi connectivity index (χ1n) is 13.6. The van der Waals surface area contributed by atoms with Gasteiger partial charge in [0.2, 0.25) is 5.91 Å². The number of aromatic nitrogens is 5. The van der Waals surface area contributed by atoms with Gasteiger partial charge in [-0.3, -0.25) is 9.59 Å². The van der Waals surface area contributed by atoms with E-state index in [9.17, 15) is 9.59 Å². The van der Waals surface area contributed by atoms with E-state index in [0.717, 1.165) is 36.9 Å². The molecule has 11 heteroatoms. The maximum atomic E-state index is 13.2. The number of carbonyl (C=O) groups excluding carboxylic acids is 2. The highest BCUT2D eigenvalue weighted by atomic mass is 16.5. The second kappa shape index (κ2) is 10.3. The van der Waals surface area contributed by atoms with Crippen LogP contribution in [0, 0.1) is 5.41 Å². The number of nitrogen functional groups attached to an aromatic ring is 1. The first-order chi connectivity index (χ1) is 19.4. The van der Waals surface area contributed by atoms with Crippen LogP contribution < -0.4 is 11.1 Å². The second-order valence-corrected chi connectivity index (χ2v) is 10.8. The summed E-state index contributed by atoms with van der Waals surface area (Å²) in [5, 5.41) is 8.47. The third-order valence-corrected chi connectivity index (χ3v) is 7.80. The molecule has 0 bridgehead atoms. The lowest BCUT2D eigenvalue weighted by molar-refractivity contribution is -0.170. The fourth-order valence-electron chi connectivity index (χ4n) is 5.43. The number of nitrogens with zero attached hydrogens (tertiary/aromatic N) is 6. The van der Waals surface area contributed by atoms with Crippen LogP contribution >= 0.6 is 0 Å². The van der Waals surface area contributed by atoms with Gasteiger partial charge in [0.05, 0.1) is 30.1 Å². The number of likely N-dealkylation sites (tertiary alicyclic amines) is 1. The molecule has 40 heavy (non-hydrogen) atoms. The number of amides is 2. The lowest BCUT2D eigenvalue weighted by atomic mass is 9.86. The molecule has 0 saturated carbocycles. The zero-order valence-corrected chi connectivity index (χ0v) is 22.6. The molecular formula is C29H32N8O3. The Morgan fingerprint density at radius 2 is 1.95 bits per heavy atom. The molecule has 5 heterocycles. The largest absolute Gasteiger partial charge is 0.383 e. The highest BCUT2D eigenvalue weighted by Crippen LogP contribution is 2.36. The van der Waals surface area contributed by atoms with Crippen LogP contribution in [-0.2, 0) is 16.0 Å². The van der Waals surface area contributed by atoms with Crippen molar-refractivity contribution >= 4 is 34.5 Å². The van der Waals surface area contributed by atoms with Gasteiger partial charge >= 0.3 is 0 Å². The topological polar surface area (TPSA) is 141 Å². The molecule has 3 aromatic heterocycles. The number of carbonyl (C=O) groups is 2. The van der Waals surface area contributed by atoms with Gasteiger partial charge in [-0.2, -0.15) is 5.10 Å². The quantitative estimate of drug-likeness (QED) is 0.379. The van der Waals surface area contributed by atoms with Crippen LogP contribution in [0.3, 0.4) is 0 Å². The van der Waals surface area contributed by atoms with Gasteiger partial charge in [-0.1, -0.05) is 19.1 Å². The van der Waals surface area contributed by atoms with Crippen molar-refractivity contribution in [2.45, 2.75) is 39.2 Å². The molecule has 6 rings (SSSR count). The van der Waals surface area contributed by atoms with Gasteiger partial charge in [0.15, 0.2) is 5.65 Å². The molecule has 0 aliphatic carbocycles. The molecular weight excluding hydrogens is 508 g/mol. The van der Waals surface area contributed by atoms with E-state index in [2.05, 4.69) is 27.2 Å². The van der Waals surface area contributed by atoms with Gasteiger partial charge < -0.3 is 20.7 Å². The molecule has 2 fully saturated rings. The molecule has 206 valence electrons. The zero-order chi connectivity index (χ0) is 27.9. The molecule has 3 N–H and O–H groups in total. The predicted octanol–water partition coefficient (Wildman–Crippen LogP) is 3.49. The van der Waals surface area contributed by atoms with Gasteiger partial charge in [-0.15, -0.1) is 0 Å². The Balaban J connectivity index is 1.27. The Kier molecular flexibility index (Phi) is 6.67. The first-order valence-corrected chi connectivity index (χ1v) is 13.6. The number of nitrogens with one attached hydrogen (secondary N) is 1. The van der Waals surface area contributed by atoms with Gasteiger partial charge in [-0.25, -0.2) is 19.6 Å². The number of piperidine rings is 1. The monoisotopic (exact) mass is 540 g/mol. The van der Waals surface area contributed by atoms with Crippen molar-refractivity contribution in [2.75, 3.05) is 37.4 Å². The number of benzene rings is 1. The van der Waals surface area contributed by atoms with E-state index in [-0.39, 0.29) is 17.9 Å². The maximum absolute atomic E-state index is 13.2. The summed E-state index contributed by atoms with van der Waals surface area (Å²) in [7, 11) is 0. The molecule has 2 aliphatic rings. The van der Waals surface area contributed by atoms with E-state index in [1.807, 2.05) is 40.8 Å². The lowest BCUT2D eigenvalue weighted by Gasteiger charge is -2.43. The lowest BCUT2D eigenvalue weighted by Crippen LogP contribution is -2.55.